The second-order valence-corrected chi connectivity index (χ2v) is 12.0. The van der Waals surface area contributed by atoms with Crippen molar-refractivity contribution < 1.29 is 13.2 Å². The lowest BCUT2D eigenvalue weighted by Gasteiger charge is -2.38. The number of aromatic nitrogens is 1. The molecule has 1 heterocycles. The van der Waals surface area contributed by atoms with Gasteiger partial charge in [-0.2, -0.15) is 0 Å². The van der Waals surface area contributed by atoms with E-state index in [2.05, 4.69) is 22.1 Å². The molecule has 1 aliphatic rings. The Morgan fingerprint density at radius 2 is 1.79 bits per heavy atom. The van der Waals surface area contributed by atoms with Crippen LogP contribution in [-0.2, 0) is 16.4 Å². The van der Waals surface area contributed by atoms with Gasteiger partial charge < -0.3 is 15.2 Å². The summed E-state index contributed by atoms with van der Waals surface area (Å²) in [7, 11) is -3.03. The number of carbonyl (C=O) groups excluding carboxylic acids is 1. The van der Waals surface area contributed by atoms with E-state index in [0.717, 1.165) is 35.3 Å². The molecule has 3 rings (SSSR count). The lowest BCUT2D eigenvalue weighted by molar-refractivity contribution is 0.0950. The molecule has 9 heteroatoms. The average Bonchev–Trinajstić information content (AvgIpc) is 2.75. The Bertz CT molecular complexity index is 1230. The molecule has 0 atom stereocenters. The number of aromatic amines is 1. The van der Waals surface area contributed by atoms with Crippen LogP contribution in [0.2, 0.25) is 5.02 Å². The molecule has 0 saturated heterocycles. The maximum absolute atomic E-state index is 13.1. The molecule has 1 aliphatic carbocycles. The summed E-state index contributed by atoms with van der Waals surface area (Å²) in [5.41, 5.74) is 4.08. The van der Waals surface area contributed by atoms with Gasteiger partial charge in [0.25, 0.3) is 11.5 Å². The van der Waals surface area contributed by atoms with E-state index in [1.54, 1.807) is 6.07 Å². The molecular formula is C25H34ClN3O4S. The molecule has 1 amide bonds. The first kappa shape index (κ1) is 26.3. The molecular weight excluding hydrogens is 474 g/mol. The zero-order chi connectivity index (χ0) is 25.2. The van der Waals surface area contributed by atoms with Crippen LogP contribution in [0.5, 0.6) is 0 Å². The number of nitrogens with zero attached hydrogens (tertiary/aromatic N) is 1. The van der Waals surface area contributed by atoms with Crippen LogP contribution < -0.4 is 15.8 Å². The molecule has 34 heavy (non-hydrogen) atoms. The molecule has 186 valence electrons. The quantitative estimate of drug-likeness (QED) is 0.588. The van der Waals surface area contributed by atoms with Gasteiger partial charge >= 0.3 is 0 Å². The number of H-pyrrole nitrogens is 1. The maximum atomic E-state index is 13.1. The highest BCUT2D eigenvalue weighted by Crippen LogP contribution is 2.34. The molecule has 1 aromatic heterocycles. The molecule has 7 nitrogen and oxygen atoms in total. The van der Waals surface area contributed by atoms with Crippen LogP contribution in [0.25, 0.3) is 0 Å². The minimum Gasteiger partial charge on any atom is -0.369 e. The van der Waals surface area contributed by atoms with Gasteiger partial charge in [0.15, 0.2) is 0 Å². The van der Waals surface area contributed by atoms with Crippen LogP contribution in [0.4, 0.5) is 5.69 Å². The van der Waals surface area contributed by atoms with Crippen molar-refractivity contribution in [3.05, 3.63) is 61.5 Å². The number of carbonyl (C=O) groups is 1. The first-order chi connectivity index (χ1) is 15.9. The lowest BCUT2D eigenvalue weighted by atomic mass is 9.92. The topological polar surface area (TPSA) is 99.3 Å². The van der Waals surface area contributed by atoms with Gasteiger partial charge in [-0.3, -0.25) is 9.59 Å². The van der Waals surface area contributed by atoms with Gasteiger partial charge in [0.05, 0.1) is 5.25 Å². The number of hydrogen-bond donors (Lipinski definition) is 2. The monoisotopic (exact) mass is 507 g/mol. The fourth-order valence-electron chi connectivity index (χ4n) is 4.97. The highest BCUT2D eigenvalue weighted by atomic mass is 35.5. The van der Waals surface area contributed by atoms with Crippen molar-refractivity contribution in [1.29, 1.82) is 0 Å². The van der Waals surface area contributed by atoms with Crippen LogP contribution in [-0.4, -0.2) is 43.4 Å². The van der Waals surface area contributed by atoms with Crippen molar-refractivity contribution in [3.8, 4) is 0 Å². The number of benzene rings is 1. The summed E-state index contributed by atoms with van der Waals surface area (Å²) in [4.78, 5) is 30.4. The fraction of sp³-hybridized carbons (Fsp3) is 0.520. The largest absolute Gasteiger partial charge is 0.369 e. The summed E-state index contributed by atoms with van der Waals surface area (Å²) in [5, 5.41) is 3.04. The first-order valence-corrected chi connectivity index (χ1v) is 14.0. The minimum atomic E-state index is -3.03. The Balaban J connectivity index is 1.82. The van der Waals surface area contributed by atoms with Gasteiger partial charge in [-0.25, -0.2) is 8.42 Å². The number of halogens is 1. The zero-order valence-electron chi connectivity index (χ0n) is 20.5. The van der Waals surface area contributed by atoms with E-state index in [-0.39, 0.29) is 29.3 Å². The lowest BCUT2D eigenvalue weighted by Crippen LogP contribution is -2.41. The number of anilines is 1. The van der Waals surface area contributed by atoms with Gasteiger partial charge in [0, 0.05) is 52.9 Å². The van der Waals surface area contributed by atoms with Crippen LogP contribution in [0.15, 0.2) is 23.0 Å². The van der Waals surface area contributed by atoms with Crippen molar-refractivity contribution in [2.75, 3.05) is 17.7 Å². The number of hydrogen-bond acceptors (Lipinski definition) is 5. The summed E-state index contributed by atoms with van der Waals surface area (Å²) in [6.07, 6.45) is 4.13. The summed E-state index contributed by atoms with van der Waals surface area (Å²) < 4.78 is 23.9. The summed E-state index contributed by atoms with van der Waals surface area (Å²) in [6, 6.07) is 5.58. The Morgan fingerprint density at radius 3 is 2.35 bits per heavy atom. The number of nitrogens with one attached hydrogen (secondary N) is 2. The van der Waals surface area contributed by atoms with E-state index in [9.17, 15) is 18.0 Å². The molecule has 0 spiro atoms. The molecule has 0 aliphatic heterocycles. The number of sulfone groups is 1. The Kier molecular flexibility index (Phi) is 8.14. The predicted molar refractivity (Wildman–Crippen MR) is 138 cm³/mol. The molecule has 2 N–H and O–H groups in total. The van der Waals surface area contributed by atoms with E-state index < -0.39 is 9.84 Å². The molecule has 1 saturated carbocycles. The smallest absolute Gasteiger partial charge is 0.253 e. The Labute approximate surface area is 206 Å². The third kappa shape index (κ3) is 5.84. The van der Waals surface area contributed by atoms with Gasteiger partial charge in [-0.1, -0.05) is 11.6 Å². The summed E-state index contributed by atoms with van der Waals surface area (Å²) in [6.45, 7) is 8.46. The van der Waals surface area contributed by atoms with Crippen LogP contribution >= 0.6 is 11.6 Å². The van der Waals surface area contributed by atoms with Gasteiger partial charge in [0.1, 0.15) is 9.84 Å². The fourth-order valence-corrected chi connectivity index (χ4v) is 6.32. The molecule has 2 aromatic rings. The van der Waals surface area contributed by atoms with Crippen molar-refractivity contribution in [1.82, 2.24) is 10.3 Å². The van der Waals surface area contributed by atoms with Crippen molar-refractivity contribution >= 4 is 33.0 Å². The standard InChI is InChI=1S/C25H34ClN3O4S/c1-6-29(19-7-9-20(10-8-19)34(5,32)33)23-13-18(26)12-21(17(23)4)24(30)27-14-22-15(2)11-16(3)28-25(22)31/h11-13,19-20H,6-10,14H2,1-5H3,(H,27,30)(H,28,31). The van der Waals surface area contributed by atoms with E-state index in [1.165, 1.54) is 6.26 Å². The normalized spacial score (nSPS) is 18.5. The summed E-state index contributed by atoms with van der Waals surface area (Å²) in [5.74, 6) is -0.294. The highest BCUT2D eigenvalue weighted by molar-refractivity contribution is 7.91. The molecule has 1 fully saturated rings. The number of rotatable bonds is 7. The molecule has 0 radical (unpaired) electrons. The predicted octanol–water partition coefficient (Wildman–Crippen LogP) is 4.07. The average molecular weight is 508 g/mol. The van der Waals surface area contributed by atoms with Crippen molar-refractivity contribution in [2.24, 2.45) is 0 Å². The van der Waals surface area contributed by atoms with E-state index >= 15 is 0 Å². The van der Waals surface area contributed by atoms with Crippen LogP contribution in [0.1, 0.15) is 65.3 Å². The SMILES string of the molecule is CCN(c1cc(Cl)cc(C(=O)NCc2c(C)cc(C)[nH]c2=O)c1C)C1CCC(S(C)(=O)=O)CC1. The number of aryl methyl sites for hydroxylation is 2. The van der Waals surface area contributed by atoms with Gasteiger partial charge in [-0.05, 0) is 82.7 Å². The minimum absolute atomic E-state index is 0.120. The Hall–Kier alpha value is -2.32. The van der Waals surface area contributed by atoms with Crippen LogP contribution in [0.3, 0.4) is 0 Å². The van der Waals surface area contributed by atoms with Crippen LogP contribution in [0, 0.1) is 20.8 Å². The number of pyridine rings is 1. The van der Waals surface area contributed by atoms with Gasteiger partial charge in [-0.15, -0.1) is 0 Å². The second kappa shape index (κ2) is 10.5. The number of amides is 1. The van der Waals surface area contributed by atoms with Crippen molar-refractivity contribution in [3.63, 3.8) is 0 Å². The first-order valence-electron chi connectivity index (χ1n) is 11.7. The van der Waals surface area contributed by atoms with E-state index in [4.69, 9.17) is 11.6 Å². The zero-order valence-corrected chi connectivity index (χ0v) is 22.1. The third-order valence-electron chi connectivity index (χ3n) is 6.85. The molecule has 0 bridgehead atoms. The summed E-state index contributed by atoms with van der Waals surface area (Å²) >= 11 is 6.43. The maximum Gasteiger partial charge on any atom is 0.253 e. The Morgan fingerprint density at radius 1 is 1.15 bits per heavy atom. The van der Waals surface area contributed by atoms with E-state index in [1.807, 2.05) is 32.9 Å². The molecule has 1 aromatic carbocycles. The molecule has 0 unspecified atom stereocenters. The second-order valence-electron chi connectivity index (χ2n) is 9.27. The van der Waals surface area contributed by atoms with Gasteiger partial charge in [0.2, 0.25) is 0 Å². The third-order valence-corrected chi connectivity index (χ3v) is 8.75. The van der Waals surface area contributed by atoms with Crippen molar-refractivity contribution in [2.45, 2.75) is 71.2 Å². The highest BCUT2D eigenvalue weighted by Gasteiger charge is 2.31. The van der Waals surface area contributed by atoms with E-state index in [0.29, 0.717) is 35.5 Å².